The van der Waals surface area contributed by atoms with Gasteiger partial charge in [-0.1, -0.05) is 23.7 Å². The van der Waals surface area contributed by atoms with Gasteiger partial charge in [0, 0.05) is 12.2 Å². The fourth-order valence-corrected chi connectivity index (χ4v) is 2.45. The lowest BCUT2D eigenvalue weighted by molar-refractivity contribution is 0.174. The number of nitrogens with one attached hydrogen (secondary N) is 1. The first kappa shape index (κ1) is 13.6. The maximum atomic E-state index is 8.64. The number of nitrogens with zero attached hydrogens (tertiary/aromatic N) is 1. The van der Waals surface area contributed by atoms with E-state index in [1.807, 2.05) is 36.4 Å². The number of anilines is 1. The third-order valence-electron chi connectivity index (χ3n) is 3.22. The molecule has 0 bridgehead atoms. The Morgan fingerprint density at radius 3 is 2.71 bits per heavy atom. The van der Waals surface area contributed by atoms with Crippen molar-refractivity contribution in [3.05, 3.63) is 52.5 Å². The topological polar surface area (TPSA) is 54.3 Å². The Morgan fingerprint density at radius 2 is 1.95 bits per heavy atom. The lowest BCUT2D eigenvalue weighted by atomic mass is 10.1. The summed E-state index contributed by atoms with van der Waals surface area (Å²) in [6, 6.07) is 13.7. The van der Waals surface area contributed by atoms with E-state index in [0.29, 0.717) is 29.5 Å². The number of halogens is 1. The summed E-state index contributed by atoms with van der Waals surface area (Å²) in [6.07, 6.45) is 0.429. The summed E-state index contributed by atoms with van der Waals surface area (Å²) in [5.41, 5.74) is 3.02. The first-order chi connectivity index (χ1) is 10.3. The Hall–Kier alpha value is -2.38. The third kappa shape index (κ3) is 3.04. The van der Waals surface area contributed by atoms with Gasteiger partial charge in [0.05, 0.1) is 17.5 Å². The largest absolute Gasteiger partial charge is 0.454 e. The van der Waals surface area contributed by atoms with Crippen LogP contribution in [0.2, 0.25) is 5.02 Å². The van der Waals surface area contributed by atoms with E-state index in [9.17, 15) is 0 Å². The Labute approximate surface area is 127 Å². The van der Waals surface area contributed by atoms with Gasteiger partial charge in [0.15, 0.2) is 11.5 Å². The number of benzene rings is 2. The summed E-state index contributed by atoms with van der Waals surface area (Å²) >= 11 is 6.15. The monoisotopic (exact) mass is 300 g/mol. The zero-order chi connectivity index (χ0) is 14.7. The van der Waals surface area contributed by atoms with E-state index in [-0.39, 0.29) is 6.79 Å². The van der Waals surface area contributed by atoms with Crippen molar-refractivity contribution in [1.82, 2.24) is 0 Å². The van der Waals surface area contributed by atoms with Gasteiger partial charge in [-0.3, -0.25) is 0 Å². The second-order valence-electron chi connectivity index (χ2n) is 4.70. The van der Waals surface area contributed by atoms with Crippen molar-refractivity contribution >= 4 is 17.3 Å². The summed E-state index contributed by atoms with van der Waals surface area (Å²) < 4.78 is 10.6. The predicted molar refractivity (Wildman–Crippen MR) is 80.7 cm³/mol. The van der Waals surface area contributed by atoms with Crippen LogP contribution in [-0.2, 0) is 13.0 Å². The molecule has 4 nitrogen and oxygen atoms in total. The van der Waals surface area contributed by atoms with E-state index in [2.05, 4.69) is 11.4 Å². The van der Waals surface area contributed by atoms with Gasteiger partial charge in [0.25, 0.3) is 0 Å². The van der Waals surface area contributed by atoms with Gasteiger partial charge >= 0.3 is 0 Å². The highest BCUT2D eigenvalue weighted by Crippen LogP contribution is 2.39. The fourth-order valence-electron chi connectivity index (χ4n) is 2.16. The van der Waals surface area contributed by atoms with Crippen LogP contribution in [0.5, 0.6) is 11.5 Å². The number of nitriles is 1. The van der Waals surface area contributed by atoms with E-state index in [1.165, 1.54) is 0 Å². The van der Waals surface area contributed by atoms with Gasteiger partial charge in [-0.05, 0) is 35.4 Å². The second kappa shape index (κ2) is 5.94. The zero-order valence-corrected chi connectivity index (χ0v) is 12.0. The van der Waals surface area contributed by atoms with Crippen LogP contribution >= 0.6 is 11.6 Å². The van der Waals surface area contributed by atoms with Crippen molar-refractivity contribution in [2.45, 2.75) is 13.0 Å². The maximum absolute atomic E-state index is 8.64. The summed E-state index contributed by atoms with van der Waals surface area (Å²) in [5.74, 6) is 1.30. The molecule has 0 aliphatic carbocycles. The van der Waals surface area contributed by atoms with Crippen LogP contribution in [0.3, 0.4) is 0 Å². The molecule has 2 aromatic carbocycles. The van der Waals surface area contributed by atoms with Crippen molar-refractivity contribution in [3.63, 3.8) is 0 Å². The Bertz CT molecular complexity index is 693. The molecule has 1 aliphatic rings. The van der Waals surface area contributed by atoms with Gasteiger partial charge in [-0.2, -0.15) is 5.26 Å². The van der Waals surface area contributed by atoms with Crippen molar-refractivity contribution in [2.75, 3.05) is 12.1 Å². The van der Waals surface area contributed by atoms with E-state index in [4.69, 9.17) is 26.3 Å². The molecule has 1 aliphatic heterocycles. The smallest absolute Gasteiger partial charge is 0.231 e. The summed E-state index contributed by atoms with van der Waals surface area (Å²) in [4.78, 5) is 0. The standard InChI is InChI=1S/C16H13ClN2O2/c17-14-7-12(8-15-16(14)21-10-20-15)9-19-13-3-1-11(2-4-13)5-6-18/h1-4,7-8,19H,5,9-10H2. The van der Waals surface area contributed by atoms with Crippen molar-refractivity contribution in [1.29, 1.82) is 5.26 Å². The molecule has 0 spiro atoms. The first-order valence-corrected chi connectivity index (χ1v) is 6.92. The number of hydrogen-bond donors (Lipinski definition) is 1. The Morgan fingerprint density at radius 1 is 1.14 bits per heavy atom. The van der Waals surface area contributed by atoms with E-state index in [0.717, 1.165) is 16.8 Å². The van der Waals surface area contributed by atoms with Crippen molar-refractivity contribution in [2.24, 2.45) is 0 Å². The molecule has 0 unspecified atom stereocenters. The lowest BCUT2D eigenvalue weighted by Crippen LogP contribution is -1.99. The summed E-state index contributed by atoms with van der Waals surface area (Å²) in [7, 11) is 0. The average Bonchev–Trinajstić information content (AvgIpc) is 2.96. The van der Waals surface area contributed by atoms with Gasteiger partial charge in [0.1, 0.15) is 0 Å². The number of hydrogen-bond acceptors (Lipinski definition) is 4. The van der Waals surface area contributed by atoms with Crippen LogP contribution in [0.15, 0.2) is 36.4 Å². The molecule has 21 heavy (non-hydrogen) atoms. The van der Waals surface area contributed by atoms with Crippen LogP contribution in [-0.4, -0.2) is 6.79 Å². The highest BCUT2D eigenvalue weighted by molar-refractivity contribution is 6.32. The summed E-state index contributed by atoms with van der Waals surface area (Å²) in [6.45, 7) is 0.847. The second-order valence-corrected chi connectivity index (χ2v) is 5.10. The molecule has 0 saturated heterocycles. The number of ether oxygens (including phenoxy) is 2. The van der Waals surface area contributed by atoms with Gasteiger partial charge in [0.2, 0.25) is 6.79 Å². The quantitative estimate of drug-likeness (QED) is 0.934. The molecule has 0 aromatic heterocycles. The van der Waals surface area contributed by atoms with E-state index in [1.54, 1.807) is 0 Å². The third-order valence-corrected chi connectivity index (χ3v) is 3.50. The van der Waals surface area contributed by atoms with Crippen LogP contribution in [0.25, 0.3) is 0 Å². The SMILES string of the molecule is N#CCc1ccc(NCc2cc(Cl)c3c(c2)OCO3)cc1. The molecule has 0 saturated carbocycles. The minimum Gasteiger partial charge on any atom is -0.454 e. The molecule has 1 heterocycles. The molecule has 0 amide bonds. The lowest BCUT2D eigenvalue weighted by Gasteiger charge is -2.08. The molecule has 0 fully saturated rings. The predicted octanol–water partition coefficient (Wildman–Crippen LogP) is 3.75. The molecule has 3 rings (SSSR count). The molecule has 0 radical (unpaired) electrons. The molecule has 2 aromatic rings. The molecule has 1 N–H and O–H groups in total. The number of rotatable bonds is 4. The highest BCUT2D eigenvalue weighted by Gasteiger charge is 2.18. The van der Waals surface area contributed by atoms with Crippen LogP contribution in [0, 0.1) is 11.3 Å². The summed E-state index contributed by atoms with van der Waals surface area (Å²) in [5, 5.41) is 12.5. The Kier molecular flexibility index (Phi) is 3.85. The van der Waals surface area contributed by atoms with Gasteiger partial charge < -0.3 is 14.8 Å². The van der Waals surface area contributed by atoms with Crippen molar-refractivity contribution < 1.29 is 9.47 Å². The van der Waals surface area contributed by atoms with Crippen molar-refractivity contribution in [3.8, 4) is 17.6 Å². The highest BCUT2D eigenvalue weighted by atomic mass is 35.5. The van der Waals surface area contributed by atoms with E-state index < -0.39 is 0 Å². The average molecular weight is 301 g/mol. The van der Waals surface area contributed by atoms with Crippen LogP contribution in [0.1, 0.15) is 11.1 Å². The maximum Gasteiger partial charge on any atom is 0.231 e. The van der Waals surface area contributed by atoms with Crippen LogP contribution in [0.4, 0.5) is 5.69 Å². The van der Waals surface area contributed by atoms with E-state index >= 15 is 0 Å². The molecule has 5 heteroatoms. The molecule has 0 atom stereocenters. The molecule has 106 valence electrons. The normalized spacial score (nSPS) is 12.0. The Balaban J connectivity index is 1.68. The van der Waals surface area contributed by atoms with Crippen LogP contribution < -0.4 is 14.8 Å². The first-order valence-electron chi connectivity index (χ1n) is 6.54. The minimum absolute atomic E-state index is 0.215. The molecular formula is C16H13ClN2O2. The molecular weight excluding hydrogens is 288 g/mol. The van der Waals surface area contributed by atoms with Gasteiger partial charge in [-0.15, -0.1) is 0 Å². The fraction of sp³-hybridized carbons (Fsp3) is 0.188. The number of fused-ring (bicyclic) bond motifs is 1. The minimum atomic E-state index is 0.215. The zero-order valence-electron chi connectivity index (χ0n) is 11.2. The van der Waals surface area contributed by atoms with Gasteiger partial charge in [-0.25, -0.2) is 0 Å².